The number of carbonyl (C=O) groups excluding carboxylic acids is 1. The lowest BCUT2D eigenvalue weighted by Crippen LogP contribution is -2.32. The van der Waals surface area contributed by atoms with Crippen LogP contribution in [-0.4, -0.2) is 10.5 Å². The van der Waals surface area contributed by atoms with Crippen LogP contribution in [0.2, 0.25) is 0 Å². The van der Waals surface area contributed by atoms with Gasteiger partial charge in [-0.15, -0.1) is 11.8 Å². The maximum Gasteiger partial charge on any atom is 0.178 e. The summed E-state index contributed by atoms with van der Waals surface area (Å²) in [7, 11) is 0. The van der Waals surface area contributed by atoms with Crippen molar-refractivity contribution in [2.45, 2.75) is 24.3 Å². The van der Waals surface area contributed by atoms with E-state index in [0.29, 0.717) is 0 Å². The predicted molar refractivity (Wildman–Crippen MR) is 56.1 cm³/mol. The van der Waals surface area contributed by atoms with Crippen LogP contribution in [0.3, 0.4) is 0 Å². The van der Waals surface area contributed by atoms with Gasteiger partial charge in [0.05, 0.1) is 4.75 Å². The molecule has 0 aromatic heterocycles. The van der Waals surface area contributed by atoms with Crippen LogP contribution in [0.1, 0.15) is 29.8 Å². The van der Waals surface area contributed by atoms with Gasteiger partial charge in [0.1, 0.15) is 0 Å². The van der Waals surface area contributed by atoms with E-state index in [4.69, 9.17) is 0 Å². The number of ketones is 1. The molecule has 1 aliphatic heterocycles. The molecule has 0 N–H and O–H groups in total. The highest BCUT2D eigenvalue weighted by molar-refractivity contribution is 8.00. The molecule has 0 unspecified atom stereocenters. The fourth-order valence-corrected chi connectivity index (χ4v) is 2.52. The summed E-state index contributed by atoms with van der Waals surface area (Å²) < 4.78 is -0.242. The fraction of sp³-hybridized carbons (Fsp3) is 0.364. The van der Waals surface area contributed by atoms with Gasteiger partial charge in [0.15, 0.2) is 5.78 Å². The average Bonchev–Trinajstić information content (AvgIpc) is 2.13. The summed E-state index contributed by atoms with van der Waals surface area (Å²) in [4.78, 5) is 11.9. The van der Waals surface area contributed by atoms with Crippen LogP contribution < -0.4 is 0 Å². The summed E-state index contributed by atoms with van der Waals surface area (Å²) in [5.74, 6) is 1.22. The second-order valence-electron chi connectivity index (χ2n) is 3.79. The molecule has 13 heavy (non-hydrogen) atoms. The molecule has 1 nitrogen and oxygen atoms in total. The number of hydrogen-bond donors (Lipinski definition) is 0. The van der Waals surface area contributed by atoms with Crippen LogP contribution in [0.15, 0.2) is 24.3 Å². The van der Waals surface area contributed by atoms with E-state index in [9.17, 15) is 4.79 Å². The first kappa shape index (κ1) is 8.82. The summed E-state index contributed by atoms with van der Waals surface area (Å²) in [6, 6.07) is 7.89. The number of carbonyl (C=O) groups is 1. The molecule has 1 aromatic rings. The van der Waals surface area contributed by atoms with Crippen LogP contribution in [0.5, 0.6) is 0 Å². The van der Waals surface area contributed by atoms with E-state index in [0.717, 1.165) is 11.3 Å². The molecule has 0 fully saturated rings. The maximum absolute atomic E-state index is 11.9. The van der Waals surface area contributed by atoms with Crippen molar-refractivity contribution in [3.63, 3.8) is 0 Å². The summed E-state index contributed by atoms with van der Waals surface area (Å²) in [6.45, 7) is 3.99. The highest BCUT2D eigenvalue weighted by atomic mass is 32.2. The van der Waals surface area contributed by atoms with E-state index in [2.05, 4.69) is 0 Å². The topological polar surface area (TPSA) is 17.1 Å². The Morgan fingerprint density at radius 3 is 2.77 bits per heavy atom. The molecule has 0 saturated carbocycles. The molecular formula is C11H12OS. The van der Waals surface area contributed by atoms with E-state index in [1.54, 1.807) is 11.8 Å². The molecule has 68 valence electrons. The Kier molecular flexibility index (Phi) is 1.95. The van der Waals surface area contributed by atoms with Crippen molar-refractivity contribution in [1.29, 1.82) is 0 Å². The fourth-order valence-electron chi connectivity index (χ4n) is 1.52. The van der Waals surface area contributed by atoms with E-state index in [-0.39, 0.29) is 10.5 Å². The van der Waals surface area contributed by atoms with Crippen molar-refractivity contribution in [2.75, 3.05) is 0 Å². The molecule has 2 heteroatoms. The SMILES string of the molecule is CC1(C)SCc2ccccc2C1=O. The highest BCUT2D eigenvalue weighted by Crippen LogP contribution is 2.37. The number of fused-ring (bicyclic) bond motifs is 1. The first-order valence-electron chi connectivity index (χ1n) is 4.38. The lowest BCUT2D eigenvalue weighted by atomic mass is 9.96. The standard InChI is InChI=1S/C11H12OS/c1-11(2)10(12)9-6-4-3-5-8(9)7-13-11/h3-6H,7H2,1-2H3. The maximum atomic E-state index is 11.9. The second-order valence-corrected chi connectivity index (χ2v) is 5.38. The summed E-state index contributed by atoms with van der Waals surface area (Å²) in [6.07, 6.45) is 0. The zero-order chi connectivity index (χ0) is 9.47. The largest absolute Gasteiger partial charge is 0.293 e. The third-order valence-electron chi connectivity index (χ3n) is 2.40. The van der Waals surface area contributed by atoms with Crippen LogP contribution in [-0.2, 0) is 5.75 Å². The minimum Gasteiger partial charge on any atom is -0.293 e. The van der Waals surface area contributed by atoms with Gasteiger partial charge in [0.25, 0.3) is 0 Å². The van der Waals surface area contributed by atoms with Crippen molar-refractivity contribution in [3.05, 3.63) is 35.4 Å². The molecule has 0 bridgehead atoms. The summed E-state index contributed by atoms with van der Waals surface area (Å²) >= 11 is 1.72. The number of benzene rings is 1. The summed E-state index contributed by atoms with van der Waals surface area (Å²) in [5.41, 5.74) is 2.09. The third-order valence-corrected chi connectivity index (χ3v) is 3.76. The molecule has 0 atom stereocenters. The van der Waals surface area contributed by atoms with Gasteiger partial charge >= 0.3 is 0 Å². The van der Waals surface area contributed by atoms with Crippen LogP contribution >= 0.6 is 11.8 Å². The predicted octanol–water partition coefficient (Wildman–Crippen LogP) is 2.89. The Balaban J connectivity index is 2.52. The number of rotatable bonds is 0. The summed E-state index contributed by atoms with van der Waals surface area (Å²) in [5, 5.41) is 0. The molecular weight excluding hydrogens is 180 g/mol. The monoisotopic (exact) mass is 192 g/mol. The average molecular weight is 192 g/mol. The molecule has 0 aliphatic carbocycles. The van der Waals surface area contributed by atoms with Crippen molar-refractivity contribution in [1.82, 2.24) is 0 Å². The normalized spacial score (nSPS) is 19.7. The molecule has 0 spiro atoms. The van der Waals surface area contributed by atoms with E-state index in [1.165, 1.54) is 5.56 Å². The van der Waals surface area contributed by atoms with Crippen LogP contribution in [0.25, 0.3) is 0 Å². The Morgan fingerprint density at radius 2 is 2.00 bits per heavy atom. The first-order valence-corrected chi connectivity index (χ1v) is 5.36. The Morgan fingerprint density at radius 1 is 1.31 bits per heavy atom. The molecule has 0 radical (unpaired) electrons. The highest BCUT2D eigenvalue weighted by Gasteiger charge is 2.34. The van der Waals surface area contributed by atoms with E-state index in [1.807, 2.05) is 38.1 Å². The molecule has 1 heterocycles. The first-order chi connectivity index (χ1) is 6.11. The van der Waals surface area contributed by atoms with Crippen molar-refractivity contribution in [3.8, 4) is 0 Å². The van der Waals surface area contributed by atoms with Gasteiger partial charge in [-0.3, -0.25) is 4.79 Å². The van der Waals surface area contributed by atoms with Gasteiger partial charge < -0.3 is 0 Å². The van der Waals surface area contributed by atoms with Gasteiger partial charge in [-0.25, -0.2) is 0 Å². The molecule has 0 amide bonds. The minimum absolute atomic E-state index is 0.242. The third kappa shape index (κ3) is 1.39. The van der Waals surface area contributed by atoms with E-state index < -0.39 is 0 Å². The number of hydrogen-bond acceptors (Lipinski definition) is 2. The molecule has 2 rings (SSSR count). The molecule has 1 aromatic carbocycles. The molecule has 1 aliphatic rings. The quantitative estimate of drug-likeness (QED) is 0.628. The van der Waals surface area contributed by atoms with Gasteiger partial charge in [-0.2, -0.15) is 0 Å². The Hall–Kier alpha value is -0.760. The van der Waals surface area contributed by atoms with Gasteiger partial charge in [-0.05, 0) is 19.4 Å². The lowest BCUT2D eigenvalue weighted by Gasteiger charge is -2.28. The van der Waals surface area contributed by atoms with E-state index >= 15 is 0 Å². The number of Topliss-reactive ketones (excluding diaryl/α,β-unsaturated/α-hetero) is 1. The van der Waals surface area contributed by atoms with Crippen LogP contribution in [0, 0.1) is 0 Å². The zero-order valence-electron chi connectivity index (χ0n) is 7.83. The lowest BCUT2D eigenvalue weighted by molar-refractivity contribution is 0.0955. The van der Waals surface area contributed by atoms with Crippen molar-refractivity contribution < 1.29 is 4.79 Å². The smallest absolute Gasteiger partial charge is 0.178 e. The van der Waals surface area contributed by atoms with Gasteiger partial charge in [0.2, 0.25) is 0 Å². The van der Waals surface area contributed by atoms with Gasteiger partial charge in [-0.1, -0.05) is 24.3 Å². The molecule has 0 saturated heterocycles. The zero-order valence-corrected chi connectivity index (χ0v) is 8.65. The van der Waals surface area contributed by atoms with Gasteiger partial charge in [0, 0.05) is 11.3 Å². The Bertz CT molecular complexity index is 355. The second kappa shape index (κ2) is 2.88. The number of thioether (sulfide) groups is 1. The van der Waals surface area contributed by atoms with Crippen LogP contribution in [0.4, 0.5) is 0 Å². The van der Waals surface area contributed by atoms with Crippen molar-refractivity contribution in [2.24, 2.45) is 0 Å². The van der Waals surface area contributed by atoms with Crippen molar-refractivity contribution >= 4 is 17.5 Å². The minimum atomic E-state index is -0.242. The Labute approximate surface area is 82.5 Å².